The van der Waals surface area contributed by atoms with Crippen LogP contribution in [0.5, 0.6) is 0 Å². The summed E-state index contributed by atoms with van der Waals surface area (Å²) in [5.74, 6) is 0.479. The maximum Gasteiger partial charge on any atom is 0.258 e. The van der Waals surface area contributed by atoms with E-state index in [2.05, 4.69) is 88.7 Å². The van der Waals surface area contributed by atoms with Gasteiger partial charge in [0.1, 0.15) is 0 Å². The summed E-state index contributed by atoms with van der Waals surface area (Å²) in [6, 6.07) is 35.7. The summed E-state index contributed by atoms with van der Waals surface area (Å²) in [5, 5.41) is 0.681. The molecule has 2 aliphatic heterocycles. The van der Waals surface area contributed by atoms with E-state index in [4.69, 9.17) is 11.6 Å². The number of carbonyl (C=O) groups excluding carboxylic acids is 1. The van der Waals surface area contributed by atoms with Crippen molar-refractivity contribution in [3.63, 3.8) is 0 Å². The van der Waals surface area contributed by atoms with Crippen LogP contribution in [0.4, 0.5) is 11.4 Å². The van der Waals surface area contributed by atoms with Gasteiger partial charge in [-0.2, -0.15) is 0 Å². The fourth-order valence-corrected chi connectivity index (χ4v) is 6.09. The van der Waals surface area contributed by atoms with Crippen LogP contribution in [0, 0.1) is 0 Å². The fourth-order valence-electron chi connectivity index (χ4n) is 5.96. The van der Waals surface area contributed by atoms with Crippen LogP contribution < -0.4 is 9.80 Å². The molecular formula is C34H34ClN3O. The van der Waals surface area contributed by atoms with Crippen LogP contribution in [0.1, 0.15) is 39.4 Å². The molecule has 5 heteroatoms. The van der Waals surface area contributed by atoms with Gasteiger partial charge in [0, 0.05) is 60.6 Å². The Morgan fingerprint density at radius 2 is 1.31 bits per heavy atom. The molecule has 1 amide bonds. The smallest absolute Gasteiger partial charge is 0.258 e. The van der Waals surface area contributed by atoms with Crippen molar-refractivity contribution in [3.05, 3.63) is 130 Å². The zero-order chi connectivity index (χ0) is 26.6. The Morgan fingerprint density at radius 3 is 1.95 bits per heavy atom. The van der Waals surface area contributed by atoms with Crippen LogP contribution in [0.15, 0.2) is 103 Å². The Kier molecular flexibility index (Phi) is 7.67. The molecule has 0 aromatic heterocycles. The molecule has 0 aliphatic carbocycles. The van der Waals surface area contributed by atoms with Gasteiger partial charge in [-0.1, -0.05) is 78.3 Å². The third-order valence-corrected chi connectivity index (χ3v) is 8.44. The molecule has 198 valence electrons. The number of rotatable bonds is 7. The normalized spacial score (nSPS) is 16.0. The SMILES string of the molecule is O=C1c2cc(N3CCN(CCC(c4ccccc4)c4ccccc4)CC3)ccc2CCN1c1ccc(Cl)cc1. The highest BCUT2D eigenvalue weighted by Gasteiger charge is 2.27. The largest absolute Gasteiger partial charge is 0.369 e. The van der Waals surface area contributed by atoms with Crippen molar-refractivity contribution in [2.75, 3.05) is 49.1 Å². The van der Waals surface area contributed by atoms with Crippen molar-refractivity contribution in [1.82, 2.24) is 4.90 Å². The highest BCUT2D eigenvalue weighted by Crippen LogP contribution is 2.31. The highest BCUT2D eigenvalue weighted by molar-refractivity contribution is 6.30. The van der Waals surface area contributed by atoms with Crippen LogP contribution in [0.2, 0.25) is 5.02 Å². The topological polar surface area (TPSA) is 26.8 Å². The summed E-state index contributed by atoms with van der Waals surface area (Å²) in [5.41, 5.74) is 6.78. The summed E-state index contributed by atoms with van der Waals surface area (Å²) < 4.78 is 0. The van der Waals surface area contributed by atoms with E-state index < -0.39 is 0 Å². The summed E-state index contributed by atoms with van der Waals surface area (Å²) >= 11 is 6.06. The maximum absolute atomic E-state index is 13.4. The molecule has 1 saturated heterocycles. The quantitative estimate of drug-likeness (QED) is 0.258. The molecule has 0 unspecified atom stereocenters. The number of nitrogens with zero attached hydrogens (tertiary/aromatic N) is 3. The van der Waals surface area contributed by atoms with E-state index in [1.165, 1.54) is 11.1 Å². The number of hydrogen-bond donors (Lipinski definition) is 0. The third kappa shape index (κ3) is 5.73. The number of amides is 1. The van der Waals surface area contributed by atoms with Crippen LogP contribution in [-0.4, -0.2) is 50.1 Å². The molecule has 0 spiro atoms. The molecule has 0 N–H and O–H groups in total. The van der Waals surface area contributed by atoms with Gasteiger partial charge in [0.2, 0.25) is 0 Å². The number of carbonyl (C=O) groups is 1. The number of halogens is 1. The molecule has 1 fully saturated rings. The average Bonchev–Trinajstić information content (AvgIpc) is 2.99. The van der Waals surface area contributed by atoms with Crippen molar-refractivity contribution in [2.24, 2.45) is 0 Å². The molecule has 2 heterocycles. The van der Waals surface area contributed by atoms with E-state index in [1.807, 2.05) is 29.2 Å². The van der Waals surface area contributed by atoms with Gasteiger partial charge in [0.05, 0.1) is 0 Å². The predicted molar refractivity (Wildman–Crippen MR) is 161 cm³/mol. The summed E-state index contributed by atoms with van der Waals surface area (Å²) in [6.45, 7) is 5.75. The van der Waals surface area contributed by atoms with Crippen LogP contribution in [0.3, 0.4) is 0 Å². The average molecular weight is 536 g/mol. The second kappa shape index (κ2) is 11.6. The first kappa shape index (κ1) is 25.7. The molecule has 4 aromatic carbocycles. The monoisotopic (exact) mass is 535 g/mol. The minimum absolute atomic E-state index is 0.0759. The van der Waals surface area contributed by atoms with Gasteiger partial charge >= 0.3 is 0 Å². The second-order valence-electron chi connectivity index (χ2n) is 10.5. The van der Waals surface area contributed by atoms with E-state index in [1.54, 1.807) is 0 Å². The first-order chi connectivity index (χ1) is 19.2. The molecule has 39 heavy (non-hydrogen) atoms. The Morgan fingerprint density at radius 1 is 0.692 bits per heavy atom. The lowest BCUT2D eigenvalue weighted by Crippen LogP contribution is -2.47. The van der Waals surface area contributed by atoms with Crippen molar-refractivity contribution in [3.8, 4) is 0 Å². The van der Waals surface area contributed by atoms with Gasteiger partial charge < -0.3 is 9.80 Å². The predicted octanol–water partition coefficient (Wildman–Crippen LogP) is 6.89. The van der Waals surface area contributed by atoms with E-state index in [0.29, 0.717) is 17.5 Å². The lowest BCUT2D eigenvalue weighted by atomic mass is 9.88. The molecule has 0 saturated carbocycles. The molecule has 0 radical (unpaired) electrons. The van der Waals surface area contributed by atoms with Crippen LogP contribution >= 0.6 is 11.6 Å². The zero-order valence-corrected chi connectivity index (χ0v) is 22.9. The van der Waals surface area contributed by atoms with E-state index in [9.17, 15) is 4.79 Å². The number of piperazine rings is 1. The Bertz CT molecular complexity index is 1360. The van der Waals surface area contributed by atoms with Crippen molar-refractivity contribution in [1.29, 1.82) is 0 Å². The van der Waals surface area contributed by atoms with E-state index in [-0.39, 0.29) is 5.91 Å². The molecule has 0 bridgehead atoms. The lowest BCUT2D eigenvalue weighted by Gasteiger charge is -2.37. The first-order valence-electron chi connectivity index (χ1n) is 13.9. The van der Waals surface area contributed by atoms with Crippen molar-refractivity contribution < 1.29 is 4.79 Å². The minimum atomic E-state index is 0.0759. The molecule has 4 nitrogen and oxygen atoms in total. The van der Waals surface area contributed by atoms with Gasteiger partial charge in [0.15, 0.2) is 0 Å². The van der Waals surface area contributed by atoms with Crippen LogP contribution in [-0.2, 0) is 6.42 Å². The van der Waals surface area contributed by atoms with Crippen molar-refractivity contribution in [2.45, 2.75) is 18.8 Å². The standard InChI is InChI=1S/C34H34ClN3O/c35-29-12-15-30(16-13-29)38-20-17-28-11-14-31(25-33(28)34(38)39)37-23-21-36(22-24-37)19-18-32(26-7-3-1-4-8-26)27-9-5-2-6-10-27/h1-16,25,32H,17-24H2. The highest BCUT2D eigenvalue weighted by atomic mass is 35.5. The molecular weight excluding hydrogens is 502 g/mol. The number of benzene rings is 4. The summed E-state index contributed by atoms with van der Waals surface area (Å²) in [4.78, 5) is 20.3. The molecule has 2 aliphatic rings. The van der Waals surface area contributed by atoms with Crippen LogP contribution in [0.25, 0.3) is 0 Å². The minimum Gasteiger partial charge on any atom is -0.369 e. The number of anilines is 2. The van der Waals surface area contributed by atoms with Gasteiger partial charge in [0.25, 0.3) is 5.91 Å². The van der Waals surface area contributed by atoms with E-state index >= 15 is 0 Å². The second-order valence-corrected chi connectivity index (χ2v) is 11.0. The summed E-state index contributed by atoms with van der Waals surface area (Å²) in [6.07, 6.45) is 1.96. The Labute approximate surface area is 236 Å². The lowest BCUT2D eigenvalue weighted by molar-refractivity contribution is 0.0980. The number of fused-ring (bicyclic) bond motifs is 1. The molecule has 0 atom stereocenters. The Hall–Kier alpha value is -3.60. The zero-order valence-electron chi connectivity index (χ0n) is 22.2. The fraction of sp³-hybridized carbons (Fsp3) is 0.265. The van der Waals surface area contributed by atoms with Gasteiger partial charge in [-0.05, 0) is 72.5 Å². The molecule has 6 rings (SSSR count). The molecule has 4 aromatic rings. The summed E-state index contributed by atoms with van der Waals surface area (Å²) in [7, 11) is 0. The third-order valence-electron chi connectivity index (χ3n) is 8.19. The van der Waals surface area contributed by atoms with Gasteiger partial charge in [-0.15, -0.1) is 0 Å². The Balaban J connectivity index is 1.10. The first-order valence-corrected chi connectivity index (χ1v) is 14.3. The number of hydrogen-bond acceptors (Lipinski definition) is 3. The van der Waals surface area contributed by atoms with Gasteiger partial charge in [-0.3, -0.25) is 9.69 Å². The van der Waals surface area contributed by atoms with Gasteiger partial charge in [-0.25, -0.2) is 0 Å². The maximum atomic E-state index is 13.4. The van der Waals surface area contributed by atoms with Crippen molar-refractivity contribution >= 4 is 28.9 Å². The van der Waals surface area contributed by atoms with E-state index in [0.717, 1.165) is 68.1 Å².